The number of aliphatic hydroxyl groups is 1. The van der Waals surface area contributed by atoms with Crippen molar-refractivity contribution in [2.24, 2.45) is 0 Å². The fourth-order valence-electron chi connectivity index (χ4n) is 2.92. The van der Waals surface area contributed by atoms with Crippen LogP contribution in [0.4, 0.5) is 4.79 Å². The van der Waals surface area contributed by atoms with E-state index in [1.54, 1.807) is 29.1 Å². The average molecular weight is 365 g/mol. The van der Waals surface area contributed by atoms with Crippen LogP contribution < -0.4 is 5.32 Å². The minimum absolute atomic E-state index is 0.168. The SMILES string of the molecule is O=C(NC1C(=O)N2C3=C(COC3O)CSC12)SCc1ccncc1. The molecule has 24 heavy (non-hydrogen) atoms. The fraction of sp³-hybridized carbons (Fsp3) is 0.400. The number of hydrogen-bond donors (Lipinski definition) is 2. The molecule has 0 saturated carbocycles. The lowest BCUT2D eigenvalue weighted by Crippen LogP contribution is -2.70. The van der Waals surface area contributed by atoms with Crippen molar-refractivity contribution in [3.8, 4) is 0 Å². The van der Waals surface area contributed by atoms with Crippen LogP contribution in [-0.2, 0) is 15.3 Å². The molecule has 3 aliphatic heterocycles. The molecule has 0 radical (unpaired) electrons. The smallest absolute Gasteiger partial charge is 0.280 e. The van der Waals surface area contributed by atoms with Gasteiger partial charge in [-0.3, -0.25) is 19.5 Å². The number of fused-ring (bicyclic) bond motifs is 2. The second-order valence-corrected chi connectivity index (χ2v) is 7.67. The van der Waals surface area contributed by atoms with Gasteiger partial charge in [-0.2, -0.15) is 0 Å². The highest BCUT2D eigenvalue weighted by Gasteiger charge is 2.55. The van der Waals surface area contributed by atoms with Gasteiger partial charge in [0.05, 0.1) is 12.3 Å². The Labute approximate surface area is 146 Å². The maximum absolute atomic E-state index is 12.4. The van der Waals surface area contributed by atoms with E-state index in [1.807, 2.05) is 12.1 Å². The van der Waals surface area contributed by atoms with E-state index in [9.17, 15) is 14.7 Å². The molecule has 9 heteroatoms. The van der Waals surface area contributed by atoms with Gasteiger partial charge < -0.3 is 15.2 Å². The molecule has 0 aromatic carbocycles. The van der Waals surface area contributed by atoms with Crippen molar-refractivity contribution in [1.82, 2.24) is 15.2 Å². The third-order valence-electron chi connectivity index (χ3n) is 4.14. The molecule has 0 aliphatic carbocycles. The zero-order valence-electron chi connectivity index (χ0n) is 12.5. The summed E-state index contributed by atoms with van der Waals surface area (Å²) >= 11 is 2.71. The van der Waals surface area contributed by atoms with Gasteiger partial charge in [-0.1, -0.05) is 11.8 Å². The van der Waals surface area contributed by atoms with Crippen LogP contribution in [0.2, 0.25) is 0 Å². The van der Waals surface area contributed by atoms with Gasteiger partial charge in [0.25, 0.3) is 11.1 Å². The quantitative estimate of drug-likeness (QED) is 0.769. The molecule has 7 nitrogen and oxygen atoms in total. The maximum Gasteiger partial charge on any atom is 0.280 e. The first-order chi connectivity index (χ1) is 11.6. The minimum Gasteiger partial charge on any atom is -0.363 e. The number of β-lactam (4-membered cyclic amide) rings is 1. The number of ether oxygens (including phenoxy) is 1. The Morgan fingerprint density at radius 1 is 1.50 bits per heavy atom. The number of carbonyl (C=O) groups is 2. The molecule has 1 fully saturated rings. The molecular formula is C15H15N3O4S2. The molecule has 3 aliphatic rings. The third-order valence-corrected chi connectivity index (χ3v) is 6.33. The van der Waals surface area contributed by atoms with E-state index >= 15 is 0 Å². The number of aromatic nitrogens is 1. The van der Waals surface area contributed by atoms with E-state index in [4.69, 9.17) is 4.74 Å². The molecule has 1 aromatic rings. The van der Waals surface area contributed by atoms with Crippen LogP contribution in [0.1, 0.15) is 5.56 Å². The molecule has 0 spiro atoms. The van der Waals surface area contributed by atoms with Gasteiger partial charge in [0.15, 0.2) is 6.29 Å². The van der Waals surface area contributed by atoms with E-state index in [0.29, 0.717) is 23.8 Å². The predicted octanol–water partition coefficient (Wildman–Crippen LogP) is 0.911. The Kier molecular flexibility index (Phi) is 4.25. The molecule has 0 bridgehead atoms. The Morgan fingerprint density at radius 3 is 3.08 bits per heavy atom. The highest BCUT2D eigenvalue weighted by atomic mass is 32.2. The normalized spacial score (nSPS) is 28.3. The van der Waals surface area contributed by atoms with Crippen molar-refractivity contribution in [3.63, 3.8) is 0 Å². The molecule has 2 N–H and O–H groups in total. The first-order valence-electron chi connectivity index (χ1n) is 7.43. The number of pyridine rings is 1. The van der Waals surface area contributed by atoms with Gasteiger partial charge in [0.2, 0.25) is 0 Å². The van der Waals surface area contributed by atoms with Gasteiger partial charge in [0, 0.05) is 23.9 Å². The van der Waals surface area contributed by atoms with Crippen LogP contribution >= 0.6 is 23.5 Å². The number of aliphatic hydroxyl groups excluding tert-OH is 1. The summed E-state index contributed by atoms with van der Waals surface area (Å²) in [5, 5.41) is 12.2. The summed E-state index contributed by atoms with van der Waals surface area (Å²) in [7, 11) is 0. The van der Waals surface area contributed by atoms with E-state index in [2.05, 4.69) is 10.3 Å². The molecule has 2 amide bonds. The van der Waals surface area contributed by atoms with Gasteiger partial charge in [-0.05, 0) is 23.3 Å². The summed E-state index contributed by atoms with van der Waals surface area (Å²) < 4.78 is 5.18. The van der Waals surface area contributed by atoms with Gasteiger partial charge >= 0.3 is 0 Å². The van der Waals surface area contributed by atoms with Crippen molar-refractivity contribution < 1.29 is 19.4 Å². The van der Waals surface area contributed by atoms with Gasteiger partial charge in [-0.25, -0.2) is 0 Å². The minimum atomic E-state index is -1.04. The molecule has 3 unspecified atom stereocenters. The Morgan fingerprint density at radius 2 is 2.29 bits per heavy atom. The number of carbonyl (C=O) groups excluding carboxylic acids is 2. The van der Waals surface area contributed by atoms with Crippen LogP contribution in [0.25, 0.3) is 0 Å². The van der Waals surface area contributed by atoms with Crippen molar-refractivity contribution in [3.05, 3.63) is 41.4 Å². The molecule has 4 heterocycles. The summed E-state index contributed by atoms with van der Waals surface area (Å²) in [6.45, 7) is 0.360. The van der Waals surface area contributed by atoms with Gasteiger partial charge in [-0.15, -0.1) is 11.8 Å². The van der Waals surface area contributed by atoms with Crippen LogP contribution in [0, 0.1) is 0 Å². The van der Waals surface area contributed by atoms with E-state index < -0.39 is 12.3 Å². The summed E-state index contributed by atoms with van der Waals surface area (Å²) in [6, 6.07) is 3.15. The summed E-state index contributed by atoms with van der Waals surface area (Å²) in [5.41, 5.74) is 2.52. The lowest BCUT2D eigenvalue weighted by Gasteiger charge is -2.49. The summed E-state index contributed by atoms with van der Waals surface area (Å²) in [4.78, 5) is 30.0. The van der Waals surface area contributed by atoms with E-state index in [0.717, 1.165) is 22.9 Å². The second-order valence-electron chi connectivity index (χ2n) is 5.62. The average Bonchev–Trinajstić information content (AvgIpc) is 2.98. The third kappa shape index (κ3) is 2.71. The van der Waals surface area contributed by atoms with Crippen molar-refractivity contribution in [1.29, 1.82) is 0 Å². The monoisotopic (exact) mass is 365 g/mol. The number of amides is 2. The topological polar surface area (TPSA) is 91.8 Å². The lowest BCUT2D eigenvalue weighted by molar-refractivity contribution is -0.146. The highest BCUT2D eigenvalue weighted by molar-refractivity contribution is 8.12. The molecule has 1 aromatic heterocycles. The van der Waals surface area contributed by atoms with E-state index in [1.165, 1.54) is 0 Å². The van der Waals surface area contributed by atoms with Crippen LogP contribution in [0.15, 0.2) is 35.8 Å². The fourth-order valence-corrected chi connectivity index (χ4v) is 4.97. The van der Waals surface area contributed by atoms with Crippen LogP contribution in [0.3, 0.4) is 0 Å². The predicted molar refractivity (Wildman–Crippen MR) is 89.9 cm³/mol. The number of rotatable bonds is 3. The van der Waals surface area contributed by atoms with Gasteiger partial charge in [0.1, 0.15) is 11.4 Å². The molecular weight excluding hydrogens is 350 g/mol. The standard InChI is InChI=1S/C15H15N3O4S2/c19-12-10(17-15(21)24-6-8-1-3-16-4-2-8)13-18(12)11-9(7-23-13)5-22-14(11)20/h1-4,10,13-14,20H,5-7H2,(H,17,21). The molecule has 1 saturated heterocycles. The lowest BCUT2D eigenvalue weighted by atomic mass is 10.0. The zero-order chi connectivity index (χ0) is 16.7. The highest BCUT2D eigenvalue weighted by Crippen LogP contribution is 2.43. The molecule has 126 valence electrons. The van der Waals surface area contributed by atoms with Crippen molar-refractivity contribution in [2.45, 2.75) is 23.5 Å². The van der Waals surface area contributed by atoms with Crippen LogP contribution in [0.5, 0.6) is 0 Å². The van der Waals surface area contributed by atoms with Crippen LogP contribution in [-0.4, -0.2) is 56.2 Å². The first-order valence-corrected chi connectivity index (χ1v) is 9.47. The first kappa shape index (κ1) is 15.9. The van der Waals surface area contributed by atoms with E-state index in [-0.39, 0.29) is 16.5 Å². The summed E-state index contributed by atoms with van der Waals surface area (Å²) in [5.74, 6) is 1.04. The number of nitrogens with one attached hydrogen (secondary N) is 1. The van der Waals surface area contributed by atoms with Crippen molar-refractivity contribution in [2.75, 3.05) is 12.4 Å². The Hall–Kier alpha value is -1.55. The zero-order valence-corrected chi connectivity index (χ0v) is 14.2. The second kappa shape index (κ2) is 6.40. The maximum atomic E-state index is 12.4. The Bertz CT molecular complexity index is 712. The summed E-state index contributed by atoms with van der Waals surface area (Å²) in [6.07, 6.45) is 2.32. The number of hydrogen-bond acceptors (Lipinski definition) is 7. The number of thioether (sulfide) groups is 2. The molecule has 3 atom stereocenters. The Balaban J connectivity index is 1.35. The molecule has 4 rings (SSSR count). The van der Waals surface area contributed by atoms with Crippen molar-refractivity contribution >= 4 is 34.7 Å². The largest absolute Gasteiger partial charge is 0.363 e. The number of nitrogens with zero attached hydrogens (tertiary/aromatic N) is 2.